The van der Waals surface area contributed by atoms with Gasteiger partial charge in [0, 0.05) is 10.6 Å². The normalized spacial score (nSPS) is 11.6. The van der Waals surface area contributed by atoms with E-state index in [1.54, 1.807) is 41.3 Å². The summed E-state index contributed by atoms with van der Waals surface area (Å²) < 4.78 is 44.1. The molecule has 1 aromatic carbocycles. The third-order valence-corrected chi connectivity index (χ3v) is 5.26. The van der Waals surface area contributed by atoms with Gasteiger partial charge in [0.25, 0.3) is 5.91 Å². The molecule has 0 saturated carbocycles. The van der Waals surface area contributed by atoms with Crippen molar-refractivity contribution < 1.29 is 22.7 Å². The van der Waals surface area contributed by atoms with Gasteiger partial charge in [-0.3, -0.25) is 4.79 Å². The molecule has 3 aromatic heterocycles. The molecule has 0 fully saturated rings. The number of para-hydroxylation sites is 2. The number of carbonyl (C=O) groups is 1. The van der Waals surface area contributed by atoms with E-state index in [4.69, 9.17) is 4.74 Å². The minimum atomic E-state index is -4.48. The number of hydrogen-bond acceptors (Lipinski definition) is 5. The van der Waals surface area contributed by atoms with Gasteiger partial charge in [-0.25, -0.2) is 9.67 Å². The molecule has 1 amide bonds. The van der Waals surface area contributed by atoms with Crippen molar-refractivity contribution in [2.75, 3.05) is 11.9 Å². The van der Waals surface area contributed by atoms with Crippen LogP contribution in [0.1, 0.15) is 20.9 Å². The van der Waals surface area contributed by atoms with Crippen molar-refractivity contribution >= 4 is 34.0 Å². The second-order valence-corrected chi connectivity index (χ2v) is 7.82. The topological polar surface area (TPSA) is 69.0 Å². The van der Waals surface area contributed by atoms with Crippen LogP contribution >= 0.6 is 11.3 Å². The molecule has 10 heteroatoms. The van der Waals surface area contributed by atoms with Crippen LogP contribution in [0.4, 0.5) is 18.9 Å². The SMILES string of the molecule is Cc1cc(C(=O)Nc2ccccc2OCC(F)(F)F)c2cnn(Cc3cccs3)c2n1. The van der Waals surface area contributed by atoms with E-state index in [1.807, 2.05) is 17.5 Å². The summed E-state index contributed by atoms with van der Waals surface area (Å²) in [7, 11) is 0. The van der Waals surface area contributed by atoms with Gasteiger partial charge < -0.3 is 10.1 Å². The largest absolute Gasteiger partial charge is 0.482 e. The number of amides is 1. The van der Waals surface area contributed by atoms with E-state index in [0.29, 0.717) is 28.8 Å². The minimum Gasteiger partial charge on any atom is -0.482 e. The maximum atomic E-state index is 13.0. The first-order chi connectivity index (χ1) is 14.8. The Morgan fingerprint density at radius 2 is 2.03 bits per heavy atom. The monoisotopic (exact) mass is 446 g/mol. The van der Waals surface area contributed by atoms with Crippen LogP contribution in [0.15, 0.2) is 54.0 Å². The highest BCUT2D eigenvalue weighted by Crippen LogP contribution is 2.28. The standard InChI is InChI=1S/C21H17F3N4O2S/c1-13-9-15(16-10-25-28(19(16)26-13)11-14-5-4-8-31-14)20(29)27-17-6-2-3-7-18(17)30-12-21(22,23)24/h2-10H,11-12H2,1H3,(H,27,29). The molecule has 0 saturated heterocycles. The molecule has 0 bridgehead atoms. The van der Waals surface area contributed by atoms with E-state index < -0.39 is 18.7 Å². The lowest BCUT2D eigenvalue weighted by atomic mass is 10.1. The van der Waals surface area contributed by atoms with E-state index in [0.717, 1.165) is 4.88 Å². The highest BCUT2D eigenvalue weighted by atomic mass is 32.1. The van der Waals surface area contributed by atoms with Gasteiger partial charge in [0.15, 0.2) is 12.3 Å². The number of anilines is 1. The summed E-state index contributed by atoms with van der Waals surface area (Å²) in [6.07, 6.45) is -2.92. The number of aryl methyl sites for hydroxylation is 1. The number of fused-ring (bicyclic) bond motifs is 1. The molecule has 4 rings (SSSR count). The Kier molecular flexibility index (Phi) is 5.64. The number of thiophene rings is 1. The summed E-state index contributed by atoms with van der Waals surface area (Å²) in [6.45, 7) is 0.833. The maximum Gasteiger partial charge on any atom is 0.422 e. The fourth-order valence-corrected chi connectivity index (χ4v) is 3.76. The molecule has 0 unspecified atom stereocenters. The number of hydrogen-bond donors (Lipinski definition) is 1. The number of pyridine rings is 1. The van der Waals surface area contributed by atoms with Crippen LogP contribution in [0, 0.1) is 6.92 Å². The summed E-state index contributed by atoms with van der Waals surface area (Å²) in [5, 5.41) is 9.53. The Balaban J connectivity index is 1.62. The molecule has 4 aromatic rings. The fourth-order valence-electron chi connectivity index (χ4n) is 3.07. The Hall–Kier alpha value is -3.40. The average Bonchev–Trinajstić information content (AvgIpc) is 3.37. The second-order valence-electron chi connectivity index (χ2n) is 6.78. The lowest BCUT2D eigenvalue weighted by molar-refractivity contribution is -0.153. The van der Waals surface area contributed by atoms with Crippen molar-refractivity contribution in [2.24, 2.45) is 0 Å². The summed E-state index contributed by atoms with van der Waals surface area (Å²) in [4.78, 5) is 18.6. The van der Waals surface area contributed by atoms with Crippen molar-refractivity contribution in [1.82, 2.24) is 14.8 Å². The molecular weight excluding hydrogens is 429 g/mol. The molecule has 0 aliphatic rings. The van der Waals surface area contributed by atoms with Gasteiger partial charge in [0.1, 0.15) is 5.75 Å². The Morgan fingerprint density at radius 3 is 2.77 bits per heavy atom. The van der Waals surface area contributed by atoms with E-state index in [-0.39, 0.29) is 11.4 Å². The predicted octanol–water partition coefficient (Wildman–Crippen LogP) is 5.04. The number of alkyl halides is 3. The molecule has 31 heavy (non-hydrogen) atoms. The molecule has 6 nitrogen and oxygen atoms in total. The fraction of sp³-hybridized carbons (Fsp3) is 0.190. The highest BCUT2D eigenvalue weighted by Gasteiger charge is 2.29. The van der Waals surface area contributed by atoms with Crippen molar-refractivity contribution in [3.8, 4) is 5.75 Å². The predicted molar refractivity (Wildman–Crippen MR) is 112 cm³/mol. The number of halogens is 3. The second kappa shape index (κ2) is 8.38. The van der Waals surface area contributed by atoms with Crippen molar-refractivity contribution in [3.05, 3.63) is 70.2 Å². The third-order valence-electron chi connectivity index (χ3n) is 4.39. The summed E-state index contributed by atoms with van der Waals surface area (Å²) in [5.74, 6) is -0.558. The molecule has 0 aliphatic heterocycles. The number of nitrogens with zero attached hydrogens (tertiary/aromatic N) is 3. The molecular formula is C21H17F3N4O2S. The molecule has 160 valence electrons. The third kappa shape index (κ3) is 4.85. The molecule has 0 radical (unpaired) electrons. The lowest BCUT2D eigenvalue weighted by Crippen LogP contribution is -2.20. The Morgan fingerprint density at radius 1 is 1.23 bits per heavy atom. The van der Waals surface area contributed by atoms with Crippen molar-refractivity contribution in [1.29, 1.82) is 0 Å². The first-order valence-corrected chi connectivity index (χ1v) is 10.1. The van der Waals surface area contributed by atoms with Crippen LogP contribution in [0.25, 0.3) is 11.0 Å². The number of nitrogens with one attached hydrogen (secondary N) is 1. The molecule has 0 aliphatic carbocycles. The van der Waals surface area contributed by atoms with E-state index in [2.05, 4.69) is 15.4 Å². The Bertz CT molecular complexity index is 1220. The van der Waals surface area contributed by atoms with Gasteiger partial charge in [-0.05, 0) is 36.6 Å². The zero-order valence-corrected chi connectivity index (χ0v) is 17.1. The first-order valence-electron chi connectivity index (χ1n) is 9.25. The highest BCUT2D eigenvalue weighted by molar-refractivity contribution is 7.09. The number of ether oxygens (including phenoxy) is 1. The number of carbonyl (C=O) groups excluding carboxylic acids is 1. The molecule has 0 atom stereocenters. The molecule has 0 spiro atoms. The quantitative estimate of drug-likeness (QED) is 0.450. The average molecular weight is 446 g/mol. The zero-order valence-electron chi connectivity index (χ0n) is 16.3. The van der Waals surface area contributed by atoms with Gasteiger partial charge in [-0.15, -0.1) is 11.3 Å². The van der Waals surface area contributed by atoms with Gasteiger partial charge in [0.05, 0.1) is 29.4 Å². The first kappa shape index (κ1) is 20.9. The van der Waals surface area contributed by atoms with Crippen LogP contribution in [0.3, 0.4) is 0 Å². The van der Waals surface area contributed by atoms with Gasteiger partial charge in [0.2, 0.25) is 0 Å². The van der Waals surface area contributed by atoms with Gasteiger partial charge in [-0.1, -0.05) is 18.2 Å². The van der Waals surface area contributed by atoms with Crippen molar-refractivity contribution in [3.63, 3.8) is 0 Å². The Labute approximate surface area is 179 Å². The van der Waals surface area contributed by atoms with Crippen LogP contribution in [-0.2, 0) is 6.54 Å². The lowest BCUT2D eigenvalue weighted by Gasteiger charge is -2.14. The smallest absolute Gasteiger partial charge is 0.422 e. The van der Waals surface area contributed by atoms with Crippen molar-refractivity contribution in [2.45, 2.75) is 19.6 Å². The summed E-state index contributed by atoms with van der Waals surface area (Å²) >= 11 is 1.59. The molecule has 3 heterocycles. The number of aromatic nitrogens is 3. The van der Waals surface area contributed by atoms with Gasteiger partial charge >= 0.3 is 6.18 Å². The van der Waals surface area contributed by atoms with E-state index in [9.17, 15) is 18.0 Å². The zero-order chi connectivity index (χ0) is 22.0. The van der Waals surface area contributed by atoms with E-state index >= 15 is 0 Å². The summed E-state index contributed by atoms with van der Waals surface area (Å²) in [5.41, 5.74) is 1.64. The van der Waals surface area contributed by atoms with Crippen LogP contribution < -0.4 is 10.1 Å². The summed E-state index contributed by atoms with van der Waals surface area (Å²) in [6, 6.07) is 11.5. The van der Waals surface area contributed by atoms with E-state index in [1.165, 1.54) is 18.2 Å². The maximum absolute atomic E-state index is 13.0. The van der Waals surface area contributed by atoms with Gasteiger partial charge in [-0.2, -0.15) is 18.3 Å². The minimum absolute atomic E-state index is 0.0661. The van der Waals surface area contributed by atoms with Crippen LogP contribution in [0.5, 0.6) is 5.75 Å². The number of rotatable bonds is 6. The van der Waals surface area contributed by atoms with Crippen LogP contribution in [-0.4, -0.2) is 33.5 Å². The molecule has 1 N–H and O–H groups in total. The number of benzene rings is 1. The van der Waals surface area contributed by atoms with Crippen LogP contribution in [0.2, 0.25) is 0 Å².